The molecule has 0 radical (unpaired) electrons. The molecule has 0 N–H and O–H groups in total. The highest BCUT2D eigenvalue weighted by atomic mass is 28.4. The van der Waals surface area contributed by atoms with Crippen molar-refractivity contribution in [2.24, 2.45) is 4.99 Å². The molecule has 1 aliphatic heterocycles. The van der Waals surface area contributed by atoms with Gasteiger partial charge in [0, 0.05) is 33.3 Å². The van der Waals surface area contributed by atoms with Crippen molar-refractivity contribution in [2.75, 3.05) is 27.3 Å². The zero-order chi connectivity index (χ0) is 31.3. The van der Waals surface area contributed by atoms with Crippen LogP contribution in [0.25, 0.3) is 11.0 Å². The van der Waals surface area contributed by atoms with Crippen LogP contribution in [0.4, 0.5) is 5.82 Å². The van der Waals surface area contributed by atoms with Gasteiger partial charge in [0.2, 0.25) is 0 Å². The van der Waals surface area contributed by atoms with E-state index in [-0.39, 0.29) is 29.8 Å². The van der Waals surface area contributed by atoms with Gasteiger partial charge in [0.25, 0.3) is 8.32 Å². The Morgan fingerprint density at radius 1 is 1.05 bits per heavy atom. The fourth-order valence-corrected chi connectivity index (χ4v) is 10.7. The highest BCUT2D eigenvalue weighted by molar-refractivity contribution is 6.99. The van der Waals surface area contributed by atoms with Gasteiger partial charge in [0.15, 0.2) is 12.1 Å². The number of hydrogen-bond donors (Lipinski definition) is 0. The van der Waals surface area contributed by atoms with Crippen molar-refractivity contribution in [2.45, 2.75) is 70.8 Å². The molecule has 2 aromatic heterocycles. The van der Waals surface area contributed by atoms with E-state index in [0.29, 0.717) is 25.5 Å². The van der Waals surface area contributed by atoms with Crippen molar-refractivity contribution in [3.8, 4) is 0 Å². The fourth-order valence-electron chi connectivity index (χ4n) is 6.12. The lowest BCUT2D eigenvalue weighted by Gasteiger charge is -2.43. The van der Waals surface area contributed by atoms with Gasteiger partial charge in [0.05, 0.1) is 24.4 Å². The van der Waals surface area contributed by atoms with Crippen LogP contribution in [0.2, 0.25) is 5.04 Å². The van der Waals surface area contributed by atoms with Crippen molar-refractivity contribution < 1.29 is 18.6 Å². The van der Waals surface area contributed by atoms with Crippen molar-refractivity contribution in [1.82, 2.24) is 19.4 Å². The Morgan fingerprint density at radius 2 is 1.70 bits per heavy atom. The molecule has 9 nitrogen and oxygen atoms in total. The van der Waals surface area contributed by atoms with E-state index in [0.717, 1.165) is 11.0 Å². The van der Waals surface area contributed by atoms with Gasteiger partial charge in [0.1, 0.15) is 24.3 Å². The van der Waals surface area contributed by atoms with E-state index in [1.807, 2.05) is 45.1 Å². The third kappa shape index (κ3) is 6.64. The van der Waals surface area contributed by atoms with Crippen molar-refractivity contribution >= 4 is 41.9 Å². The largest absolute Gasteiger partial charge is 0.405 e. The topological polar surface area (TPSA) is 83.2 Å². The van der Waals surface area contributed by atoms with Crippen LogP contribution in [0.5, 0.6) is 0 Å². The molecule has 2 unspecified atom stereocenters. The van der Waals surface area contributed by atoms with E-state index in [2.05, 4.69) is 101 Å². The molecule has 3 heterocycles. The summed E-state index contributed by atoms with van der Waals surface area (Å²) in [5.41, 5.74) is 0.765. The second-order valence-corrected chi connectivity index (χ2v) is 16.7. The summed E-state index contributed by atoms with van der Waals surface area (Å²) in [7, 11) is 1.08. The molecular weight excluding hydrogens is 570 g/mol. The molecular formula is C34H45N5O4Si. The lowest BCUT2D eigenvalue weighted by Crippen LogP contribution is -2.67. The molecule has 4 atom stereocenters. The summed E-state index contributed by atoms with van der Waals surface area (Å²) in [5.74, 6) is 0.616. The molecule has 0 spiro atoms. The first kappa shape index (κ1) is 32.0. The fraction of sp³-hybridized carbons (Fsp3) is 0.441. The van der Waals surface area contributed by atoms with E-state index in [1.165, 1.54) is 10.4 Å². The minimum absolute atomic E-state index is 0.153. The van der Waals surface area contributed by atoms with Crippen LogP contribution < -0.4 is 10.4 Å². The molecule has 2 aromatic carbocycles. The molecule has 0 saturated carbocycles. The molecule has 0 bridgehead atoms. The predicted molar refractivity (Wildman–Crippen MR) is 177 cm³/mol. The van der Waals surface area contributed by atoms with Gasteiger partial charge in [-0.15, -0.1) is 0 Å². The number of aromatic nitrogens is 3. The summed E-state index contributed by atoms with van der Waals surface area (Å²) in [4.78, 5) is 15.4. The van der Waals surface area contributed by atoms with Crippen molar-refractivity contribution in [1.29, 1.82) is 0 Å². The van der Waals surface area contributed by atoms with Gasteiger partial charge < -0.3 is 28.1 Å². The van der Waals surface area contributed by atoms with Crippen LogP contribution in [0.3, 0.4) is 0 Å². The Labute approximate surface area is 262 Å². The lowest BCUT2D eigenvalue weighted by atomic mass is 10.2. The summed E-state index contributed by atoms with van der Waals surface area (Å²) in [6.45, 7) is 11.7. The average Bonchev–Trinajstić information content (AvgIpc) is 3.61. The number of hydrogen-bond acceptors (Lipinski definition) is 7. The number of ether oxygens (including phenoxy) is 3. The van der Waals surface area contributed by atoms with E-state index >= 15 is 0 Å². The van der Waals surface area contributed by atoms with E-state index in [9.17, 15) is 0 Å². The minimum Gasteiger partial charge on any atom is -0.405 e. The number of fused-ring (bicyclic) bond motifs is 1. The maximum atomic E-state index is 7.28. The number of rotatable bonds is 12. The highest BCUT2D eigenvalue weighted by Crippen LogP contribution is 2.39. The lowest BCUT2D eigenvalue weighted by molar-refractivity contribution is -0.172. The second-order valence-electron chi connectivity index (χ2n) is 12.4. The predicted octanol–water partition coefficient (Wildman–Crippen LogP) is 5.28. The molecule has 5 rings (SSSR count). The molecule has 0 aliphatic carbocycles. The Balaban J connectivity index is 1.48. The van der Waals surface area contributed by atoms with Gasteiger partial charge in [-0.3, -0.25) is 0 Å². The number of aliphatic imine (C=N–C) groups is 1. The molecule has 44 heavy (non-hydrogen) atoms. The van der Waals surface area contributed by atoms with Crippen LogP contribution in [0.15, 0.2) is 84.2 Å². The summed E-state index contributed by atoms with van der Waals surface area (Å²) in [6.07, 6.45) is 4.65. The molecule has 1 fully saturated rings. The Morgan fingerprint density at radius 3 is 2.30 bits per heavy atom. The summed E-state index contributed by atoms with van der Waals surface area (Å²) < 4.78 is 28.4. The van der Waals surface area contributed by atoms with Crippen molar-refractivity contribution in [3.05, 3.63) is 79.3 Å². The van der Waals surface area contributed by atoms with Crippen LogP contribution >= 0.6 is 0 Å². The standard InChI is InChI=1S/C34H45N5O4Si/c1-8-40-25(2)42-29-21-31(39-20-19-28-32(37-24-38(6)7)35-23-36-33(28)39)43-30(29)22-41-44(34(3,4)5,26-15-11-9-12-16-26)27-17-13-10-14-18-27/h9-20,23-25,29-31H,8,21-22H2,1-7H3/b37-24+/t25?,29?,30-,31-/m1/s1. The zero-order valence-corrected chi connectivity index (χ0v) is 27.9. The quantitative estimate of drug-likeness (QED) is 0.0928. The summed E-state index contributed by atoms with van der Waals surface area (Å²) >= 11 is 0. The third-order valence-electron chi connectivity index (χ3n) is 8.04. The monoisotopic (exact) mass is 615 g/mol. The molecule has 0 amide bonds. The number of nitrogens with zero attached hydrogens (tertiary/aromatic N) is 5. The van der Waals surface area contributed by atoms with Gasteiger partial charge in [-0.05, 0) is 35.3 Å². The first-order valence-electron chi connectivity index (χ1n) is 15.3. The maximum absolute atomic E-state index is 7.28. The molecule has 1 aliphatic rings. The Bertz CT molecular complexity index is 1480. The van der Waals surface area contributed by atoms with Crippen LogP contribution in [-0.4, -0.2) is 79.9 Å². The smallest absolute Gasteiger partial charge is 0.261 e. The Kier molecular flexibility index (Phi) is 9.96. The van der Waals surface area contributed by atoms with Crippen LogP contribution in [-0.2, 0) is 18.6 Å². The molecule has 4 aromatic rings. The minimum atomic E-state index is -2.77. The average molecular weight is 616 g/mol. The SMILES string of the molecule is CCOC(C)OC1C[C@H](n2ccc3c(/N=C/N(C)C)ncnc32)O[C@@H]1CO[Si](c1ccccc1)(c1ccccc1)C(C)(C)C. The van der Waals surface area contributed by atoms with Gasteiger partial charge in [-0.1, -0.05) is 81.4 Å². The van der Waals surface area contributed by atoms with Gasteiger partial charge in [-0.2, -0.15) is 0 Å². The summed E-state index contributed by atoms with van der Waals surface area (Å²) in [6, 6.07) is 23.3. The number of benzene rings is 2. The van der Waals surface area contributed by atoms with E-state index in [4.69, 9.17) is 18.6 Å². The molecule has 234 valence electrons. The Hall–Kier alpha value is -3.41. The van der Waals surface area contributed by atoms with Crippen LogP contribution in [0.1, 0.15) is 47.3 Å². The van der Waals surface area contributed by atoms with Crippen molar-refractivity contribution in [3.63, 3.8) is 0 Å². The first-order chi connectivity index (χ1) is 21.1. The zero-order valence-electron chi connectivity index (χ0n) is 26.9. The van der Waals surface area contributed by atoms with Gasteiger partial charge >= 0.3 is 0 Å². The first-order valence-corrected chi connectivity index (χ1v) is 17.2. The normalized spacial score (nSPS) is 20.0. The highest BCUT2D eigenvalue weighted by Gasteiger charge is 2.51. The van der Waals surface area contributed by atoms with Gasteiger partial charge in [-0.25, -0.2) is 15.0 Å². The molecule has 1 saturated heterocycles. The second kappa shape index (κ2) is 13.7. The maximum Gasteiger partial charge on any atom is 0.261 e. The van der Waals surface area contributed by atoms with Crippen LogP contribution in [0, 0.1) is 0 Å². The summed E-state index contributed by atoms with van der Waals surface area (Å²) in [5, 5.41) is 3.17. The van der Waals surface area contributed by atoms with E-state index in [1.54, 1.807) is 12.7 Å². The molecule has 10 heteroatoms. The third-order valence-corrected chi connectivity index (χ3v) is 13.0. The van der Waals surface area contributed by atoms with E-state index < -0.39 is 8.32 Å².